The fourth-order valence-corrected chi connectivity index (χ4v) is 4.27. The number of carbonyl (C=O) groups is 2. The number of nitrogens with zero attached hydrogens (tertiary/aromatic N) is 1. The number of halogens is 1. The van der Waals surface area contributed by atoms with Gasteiger partial charge in [0.25, 0.3) is 15.9 Å². The van der Waals surface area contributed by atoms with Gasteiger partial charge in [-0.2, -0.15) is 0 Å². The number of carbonyl (C=O) groups excluding carboxylic acids is 2. The van der Waals surface area contributed by atoms with E-state index in [1.54, 1.807) is 12.1 Å². The molecule has 184 valence electrons. The van der Waals surface area contributed by atoms with Gasteiger partial charge < -0.3 is 15.7 Å². The van der Waals surface area contributed by atoms with Crippen LogP contribution in [-0.4, -0.2) is 49.0 Å². The molecule has 2 amide bonds. The molecule has 0 spiro atoms. The molecule has 3 aromatic rings. The second kappa shape index (κ2) is 11.6. The van der Waals surface area contributed by atoms with Crippen molar-refractivity contribution in [2.45, 2.75) is 30.5 Å². The van der Waals surface area contributed by atoms with Gasteiger partial charge in [0.15, 0.2) is 5.03 Å². The highest BCUT2D eigenvalue weighted by atomic mass is 32.2. The average Bonchev–Trinajstić information content (AvgIpc) is 2.84. The summed E-state index contributed by atoms with van der Waals surface area (Å²) in [6, 6.07) is 14.9. The van der Waals surface area contributed by atoms with Crippen LogP contribution >= 0.6 is 0 Å². The van der Waals surface area contributed by atoms with E-state index in [2.05, 4.69) is 20.3 Å². The fraction of sp³-hybridized carbons (Fsp3) is 0.208. The molecule has 1 aromatic heterocycles. The monoisotopic (exact) mass is 500 g/mol. The van der Waals surface area contributed by atoms with Crippen molar-refractivity contribution >= 4 is 27.5 Å². The van der Waals surface area contributed by atoms with Crippen LogP contribution in [0.3, 0.4) is 0 Å². The van der Waals surface area contributed by atoms with E-state index in [9.17, 15) is 22.4 Å². The van der Waals surface area contributed by atoms with Crippen molar-refractivity contribution in [1.29, 1.82) is 0 Å². The van der Waals surface area contributed by atoms with E-state index in [1.165, 1.54) is 37.4 Å². The third-order valence-corrected chi connectivity index (χ3v) is 6.43. The van der Waals surface area contributed by atoms with Crippen molar-refractivity contribution < 1.29 is 27.5 Å². The van der Waals surface area contributed by atoms with Crippen molar-refractivity contribution in [1.82, 2.24) is 15.0 Å². The Balaban J connectivity index is 1.75. The third-order valence-electron chi connectivity index (χ3n) is 4.92. The molecule has 0 saturated carbocycles. The number of benzene rings is 2. The first-order chi connectivity index (χ1) is 16.7. The number of sulfonamides is 1. The van der Waals surface area contributed by atoms with Crippen LogP contribution in [0.5, 0.6) is 0 Å². The number of pyridine rings is 1. The van der Waals surface area contributed by atoms with Crippen LogP contribution in [0, 0.1) is 5.82 Å². The predicted octanol–water partition coefficient (Wildman–Crippen LogP) is 1.86. The van der Waals surface area contributed by atoms with Gasteiger partial charge in [0.05, 0.1) is 18.5 Å². The smallest absolute Gasteiger partial charge is 0.258 e. The number of anilines is 1. The lowest BCUT2D eigenvalue weighted by Gasteiger charge is -2.19. The van der Waals surface area contributed by atoms with Crippen LogP contribution in [0.1, 0.15) is 22.8 Å². The molecule has 9 nitrogen and oxygen atoms in total. The first-order valence-electron chi connectivity index (χ1n) is 10.7. The van der Waals surface area contributed by atoms with Gasteiger partial charge in [-0.25, -0.2) is 22.5 Å². The number of rotatable bonds is 10. The maximum Gasteiger partial charge on any atom is 0.258 e. The zero-order valence-corrected chi connectivity index (χ0v) is 19.6. The van der Waals surface area contributed by atoms with Crippen LogP contribution in [-0.2, 0) is 21.2 Å². The topological polar surface area (TPSA) is 137 Å². The van der Waals surface area contributed by atoms with Crippen molar-refractivity contribution in [2.24, 2.45) is 0 Å². The normalized spacial score (nSPS) is 13.0. The molecule has 0 fully saturated rings. The van der Waals surface area contributed by atoms with E-state index >= 15 is 0 Å². The Hall–Kier alpha value is -3.67. The molecule has 3 rings (SSSR count). The fourth-order valence-electron chi connectivity index (χ4n) is 3.11. The zero-order chi connectivity index (χ0) is 25.4. The van der Waals surface area contributed by atoms with E-state index in [-0.39, 0.29) is 29.3 Å². The molecule has 2 aromatic carbocycles. The van der Waals surface area contributed by atoms with Crippen LogP contribution in [0.15, 0.2) is 78.0 Å². The summed E-state index contributed by atoms with van der Waals surface area (Å²) < 4.78 is 40.0. The second-order valence-corrected chi connectivity index (χ2v) is 9.46. The molecule has 35 heavy (non-hydrogen) atoms. The van der Waals surface area contributed by atoms with Crippen LogP contribution in [0.4, 0.5) is 10.1 Å². The Morgan fingerprint density at radius 3 is 2.31 bits per heavy atom. The van der Waals surface area contributed by atoms with Gasteiger partial charge >= 0.3 is 0 Å². The lowest BCUT2D eigenvalue weighted by Crippen LogP contribution is -2.45. The summed E-state index contributed by atoms with van der Waals surface area (Å²) in [5.41, 5.74) is 1.21. The second-order valence-electron chi connectivity index (χ2n) is 7.80. The Morgan fingerprint density at radius 1 is 1.03 bits per heavy atom. The minimum Gasteiger partial charge on any atom is -0.395 e. The Morgan fingerprint density at radius 2 is 1.71 bits per heavy atom. The van der Waals surface area contributed by atoms with Crippen molar-refractivity contribution in [3.63, 3.8) is 0 Å². The van der Waals surface area contributed by atoms with E-state index in [0.717, 1.165) is 17.7 Å². The molecular weight excluding hydrogens is 475 g/mol. The summed E-state index contributed by atoms with van der Waals surface area (Å²) in [6.45, 7) is 1.12. The number of aliphatic hydroxyl groups is 1. The van der Waals surface area contributed by atoms with Gasteiger partial charge in [-0.05, 0) is 48.9 Å². The molecular formula is C24H25FN4O5S. The summed E-state index contributed by atoms with van der Waals surface area (Å²) in [4.78, 5) is 29.6. The molecule has 0 unspecified atom stereocenters. The van der Waals surface area contributed by atoms with Crippen LogP contribution in [0.25, 0.3) is 0 Å². The van der Waals surface area contributed by atoms with Crippen molar-refractivity contribution in [3.8, 4) is 0 Å². The molecule has 0 bridgehead atoms. The molecule has 2 atom stereocenters. The predicted molar refractivity (Wildman–Crippen MR) is 128 cm³/mol. The van der Waals surface area contributed by atoms with Gasteiger partial charge in [-0.15, -0.1) is 0 Å². The molecule has 0 aliphatic carbocycles. The highest BCUT2D eigenvalue weighted by Gasteiger charge is 2.23. The SMILES string of the molecule is C[C@@H](CO)NS(=O)(=O)c1ccc(NC(=O)[C@H](Cc2ccccc2)NC(=O)c2ccc(F)cc2)cn1. The van der Waals surface area contributed by atoms with E-state index < -0.39 is 39.7 Å². The first kappa shape index (κ1) is 25.9. The maximum atomic E-state index is 13.2. The van der Waals surface area contributed by atoms with Gasteiger partial charge in [0, 0.05) is 18.0 Å². The Labute approximate surface area is 202 Å². The Kier molecular flexibility index (Phi) is 8.63. The number of hydrogen-bond donors (Lipinski definition) is 4. The number of hydrogen-bond acceptors (Lipinski definition) is 6. The van der Waals surface area contributed by atoms with E-state index in [4.69, 9.17) is 5.11 Å². The maximum absolute atomic E-state index is 13.2. The molecule has 1 heterocycles. The van der Waals surface area contributed by atoms with Crippen molar-refractivity contribution in [2.75, 3.05) is 11.9 Å². The molecule has 0 aliphatic heterocycles. The summed E-state index contributed by atoms with van der Waals surface area (Å²) in [7, 11) is -3.94. The van der Waals surface area contributed by atoms with Gasteiger partial charge in [0.2, 0.25) is 5.91 Å². The van der Waals surface area contributed by atoms with Crippen LogP contribution < -0.4 is 15.4 Å². The lowest BCUT2D eigenvalue weighted by atomic mass is 10.0. The minimum atomic E-state index is -3.94. The lowest BCUT2D eigenvalue weighted by molar-refractivity contribution is -0.118. The van der Waals surface area contributed by atoms with Gasteiger partial charge in [-0.3, -0.25) is 9.59 Å². The number of aromatic nitrogens is 1. The highest BCUT2D eigenvalue weighted by molar-refractivity contribution is 7.89. The summed E-state index contributed by atoms with van der Waals surface area (Å²) >= 11 is 0. The quantitative estimate of drug-likeness (QED) is 0.335. The van der Waals surface area contributed by atoms with E-state index in [1.807, 2.05) is 18.2 Å². The summed E-state index contributed by atoms with van der Waals surface area (Å²) in [5, 5.41) is 14.1. The standard InChI is InChI=1S/C24H25FN4O5S/c1-16(15-30)29-35(33,34)22-12-11-20(14-26-22)27-24(32)21(13-17-5-3-2-4-6-17)28-23(31)18-7-9-19(25)10-8-18/h2-12,14,16,21,29-30H,13,15H2,1H3,(H,27,32)(H,28,31)/t16-,21-/m0/s1. The highest BCUT2D eigenvalue weighted by Crippen LogP contribution is 2.13. The molecule has 4 N–H and O–H groups in total. The number of aliphatic hydroxyl groups excluding tert-OH is 1. The van der Waals surface area contributed by atoms with E-state index in [0.29, 0.717) is 0 Å². The molecule has 11 heteroatoms. The number of amides is 2. The van der Waals surface area contributed by atoms with Gasteiger partial charge in [0.1, 0.15) is 11.9 Å². The van der Waals surface area contributed by atoms with Crippen molar-refractivity contribution in [3.05, 3.63) is 89.9 Å². The minimum absolute atomic E-state index is 0.183. The average molecular weight is 501 g/mol. The largest absolute Gasteiger partial charge is 0.395 e. The Bertz CT molecular complexity index is 1250. The number of nitrogens with one attached hydrogen (secondary N) is 3. The third kappa shape index (κ3) is 7.41. The molecule has 0 radical (unpaired) electrons. The summed E-state index contributed by atoms with van der Waals surface area (Å²) in [6.07, 6.45) is 1.36. The zero-order valence-electron chi connectivity index (χ0n) is 18.8. The molecule has 0 aliphatic rings. The summed E-state index contributed by atoms with van der Waals surface area (Å²) in [5.74, 6) is -1.59. The van der Waals surface area contributed by atoms with Crippen LogP contribution in [0.2, 0.25) is 0 Å². The molecule has 0 saturated heterocycles. The first-order valence-corrected chi connectivity index (χ1v) is 12.2. The van der Waals surface area contributed by atoms with Gasteiger partial charge in [-0.1, -0.05) is 30.3 Å².